The zero-order chi connectivity index (χ0) is 20.1. The molecule has 0 heterocycles. The van der Waals surface area contributed by atoms with Gasteiger partial charge in [0.2, 0.25) is 5.91 Å². The van der Waals surface area contributed by atoms with Crippen molar-refractivity contribution in [1.82, 2.24) is 5.32 Å². The fourth-order valence-corrected chi connectivity index (χ4v) is 2.59. The minimum Gasteiger partial charge on any atom is -0.494 e. The quantitative estimate of drug-likeness (QED) is 0.475. The highest BCUT2D eigenvalue weighted by Crippen LogP contribution is 2.29. The summed E-state index contributed by atoms with van der Waals surface area (Å²) in [5, 5.41) is 19.3. The Balaban J connectivity index is 1.63. The number of hydrogen-bond acceptors (Lipinski definition) is 6. The topological polar surface area (TPSA) is 123 Å². The highest BCUT2D eigenvalue weighted by atomic mass is 16.6. The minimum atomic E-state index is -0.542. The van der Waals surface area contributed by atoms with Gasteiger partial charge in [-0.25, -0.2) is 0 Å². The number of anilines is 2. The number of amides is 2. The number of nitro groups is 1. The molecule has 28 heavy (non-hydrogen) atoms. The van der Waals surface area contributed by atoms with Gasteiger partial charge in [0.25, 0.3) is 11.6 Å². The van der Waals surface area contributed by atoms with Crippen LogP contribution in [0.4, 0.5) is 17.1 Å². The van der Waals surface area contributed by atoms with E-state index in [1.54, 1.807) is 24.3 Å². The maximum Gasteiger partial charge on any atom is 0.273 e. The van der Waals surface area contributed by atoms with Crippen molar-refractivity contribution >= 4 is 28.9 Å². The highest BCUT2D eigenvalue weighted by molar-refractivity contribution is 6.01. The summed E-state index contributed by atoms with van der Waals surface area (Å²) < 4.78 is 5.10. The summed E-state index contributed by atoms with van der Waals surface area (Å²) in [7, 11) is 1.36. The molecule has 0 atom stereocenters. The number of nitro benzene ring substituents is 1. The summed E-state index contributed by atoms with van der Waals surface area (Å²) in [6.45, 7) is -0.0894. The molecule has 1 fully saturated rings. The van der Waals surface area contributed by atoms with Gasteiger partial charge >= 0.3 is 0 Å². The molecule has 3 rings (SSSR count). The van der Waals surface area contributed by atoms with E-state index in [-0.39, 0.29) is 35.8 Å². The standard InChI is InChI=1S/C19H20N4O5/c1-28-17-10-13(23(26)27)8-9-16(17)22-18(24)11-20-15-5-3-2-4-14(15)19(25)21-12-6-7-12/h2-5,8-10,12,20H,6-7,11H2,1H3,(H,21,25)(H,22,24). The van der Waals surface area contributed by atoms with Gasteiger partial charge in [-0.05, 0) is 31.0 Å². The predicted octanol–water partition coefficient (Wildman–Crippen LogP) is 2.55. The molecule has 0 saturated heterocycles. The van der Waals surface area contributed by atoms with Gasteiger partial charge in [0.15, 0.2) is 0 Å². The molecule has 0 aliphatic heterocycles. The molecule has 1 aliphatic rings. The van der Waals surface area contributed by atoms with Crippen LogP contribution >= 0.6 is 0 Å². The van der Waals surface area contributed by atoms with Crippen LogP contribution in [0.1, 0.15) is 23.2 Å². The van der Waals surface area contributed by atoms with E-state index in [4.69, 9.17) is 4.74 Å². The van der Waals surface area contributed by atoms with Crippen molar-refractivity contribution in [2.45, 2.75) is 18.9 Å². The lowest BCUT2D eigenvalue weighted by atomic mass is 10.1. The molecule has 9 heteroatoms. The average molecular weight is 384 g/mol. The zero-order valence-corrected chi connectivity index (χ0v) is 15.2. The van der Waals surface area contributed by atoms with E-state index in [9.17, 15) is 19.7 Å². The van der Waals surface area contributed by atoms with Crippen molar-refractivity contribution in [2.24, 2.45) is 0 Å². The maximum atomic E-state index is 12.3. The monoisotopic (exact) mass is 384 g/mol. The predicted molar refractivity (Wildman–Crippen MR) is 104 cm³/mol. The van der Waals surface area contributed by atoms with E-state index >= 15 is 0 Å². The molecule has 9 nitrogen and oxygen atoms in total. The van der Waals surface area contributed by atoms with Crippen LogP contribution in [0.2, 0.25) is 0 Å². The second-order valence-electron chi connectivity index (χ2n) is 6.34. The molecule has 1 saturated carbocycles. The van der Waals surface area contributed by atoms with E-state index in [0.717, 1.165) is 12.8 Å². The molecule has 0 spiro atoms. The third-order valence-electron chi connectivity index (χ3n) is 4.19. The van der Waals surface area contributed by atoms with Crippen LogP contribution in [0.15, 0.2) is 42.5 Å². The molecule has 2 aromatic rings. The Kier molecular flexibility index (Phi) is 5.73. The number of benzene rings is 2. The number of ether oxygens (including phenoxy) is 1. The van der Waals surface area contributed by atoms with Gasteiger partial charge in [-0.3, -0.25) is 19.7 Å². The third-order valence-corrected chi connectivity index (χ3v) is 4.19. The molecule has 1 aliphatic carbocycles. The molecule has 2 amide bonds. The lowest BCUT2D eigenvalue weighted by Crippen LogP contribution is -2.27. The van der Waals surface area contributed by atoms with E-state index in [1.807, 2.05) is 0 Å². The fraction of sp³-hybridized carbons (Fsp3) is 0.263. The number of hydrogen-bond donors (Lipinski definition) is 3. The minimum absolute atomic E-state index is 0.0894. The van der Waals surface area contributed by atoms with Crippen LogP contribution < -0.4 is 20.7 Å². The number of carbonyl (C=O) groups excluding carboxylic acids is 2. The summed E-state index contributed by atoms with van der Waals surface area (Å²) in [5.74, 6) is -0.376. The second kappa shape index (κ2) is 8.38. The highest BCUT2D eigenvalue weighted by Gasteiger charge is 2.24. The van der Waals surface area contributed by atoms with Gasteiger partial charge in [-0.2, -0.15) is 0 Å². The molecule has 0 bridgehead atoms. The Hall–Kier alpha value is -3.62. The van der Waals surface area contributed by atoms with Crippen LogP contribution in [-0.2, 0) is 4.79 Å². The van der Waals surface area contributed by atoms with Crippen molar-refractivity contribution in [2.75, 3.05) is 24.3 Å². The van der Waals surface area contributed by atoms with Crippen molar-refractivity contribution < 1.29 is 19.2 Å². The molecular formula is C19H20N4O5. The van der Waals surface area contributed by atoms with Crippen molar-refractivity contribution in [1.29, 1.82) is 0 Å². The lowest BCUT2D eigenvalue weighted by Gasteiger charge is -2.13. The Morgan fingerprint density at radius 1 is 1.18 bits per heavy atom. The van der Waals surface area contributed by atoms with E-state index in [0.29, 0.717) is 16.9 Å². The summed E-state index contributed by atoms with van der Waals surface area (Å²) >= 11 is 0. The first-order valence-electron chi connectivity index (χ1n) is 8.74. The van der Waals surface area contributed by atoms with Crippen LogP contribution in [-0.4, -0.2) is 36.4 Å². The first kappa shape index (κ1) is 19.2. The lowest BCUT2D eigenvalue weighted by molar-refractivity contribution is -0.384. The Morgan fingerprint density at radius 3 is 2.61 bits per heavy atom. The van der Waals surface area contributed by atoms with E-state index < -0.39 is 4.92 Å². The number of para-hydroxylation sites is 1. The number of nitrogens with one attached hydrogen (secondary N) is 3. The normalized spacial score (nSPS) is 12.8. The molecule has 3 N–H and O–H groups in total. The number of rotatable bonds is 8. The van der Waals surface area contributed by atoms with E-state index in [2.05, 4.69) is 16.0 Å². The van der Waals surface area contributed by atoms with Crippen LogP contribution in [0.25, 0.3) is 0 Å². The van der Waals surface area contributed by atoms with Crippen LogP contribution in [0.3, 0.4) is 0 Å². The van der Waals surface area contributed by atoms with Crippen LogP contribution in [0, 0.1) is 10.1 Å². The Bertz CT molecular complexity index is 911. The largest absolute Gasteiger partial charge is 0.494 e. The molecule has 0 unspecified atom stereocenters. The SMILES string of the molecule is COc1cc([N+](=O)[O-])ccc1NC(=O)CNc1ccccc1C(=O)NC1CC1. The maximum absolute atomic E-state index is 12.3. The third kappa shape index (κ3) is 4.76. The summed E-state index contributed by atoms with van der Waals surface area (Å²) in [6.07, 6.45) is 1.97. The Labute approximate surface area is 161 Å². The number of carbonyl (C=O) groups is 2. The Morgan fingerprint density at radius 2 is 1.93 bits per heavy atom. The second-order valence-corrected chi connectivity index (χ2v) is 6.34. The summed E-state index contributed by atoms with van der Waals surface area (Å²) in [5.41, 5.74) is 1.20. The van der Waals surface area contributed by atoms with Gasteiger partial charge in [0.1, 0.15) is 5.75 Å². The molecule has 2 aromatic carbocycles. The molecular weight excluding hydrogens is 364 g/mol. The molecule has 0 aromatic heterocycles. The number of methoxy groups -OCH3 is 1. The van der Waals surface area contributed by atoms with Gasteiger partial charge < -0.3 is 20.7 Å². The van der Waals surface area contributed by atoms with Crippen molar-refractivity contribution in [3.05, 3.63) is 58.1 Å². The van der Waals surface area contributed by atoms with Crippen molar-refractivity contribution in [3.8, 4) is 5.75 Å². The van der Waals surface area contributed by atoms with E-state index in [1.165, 1.54) is 25.3 Å². The fourth-order valence-electron chi connectivity index (χ4n) is 2.59. The molecule has 146 valence electrons. The molecule has 0 radical (unpaired) electrons. The van der Waals surface area contributed by atoms with Crippen molar-refractivity contribution in [3.63, 3.8) is 0 Å². The summed E-state index contributed by atoms with van der Waals surface area (Å²) in [4.78, 5) is 34.9. The van der Waals surface area contributed by atoms with Gasteiger partial charge in [-0.15, -0.1) is 0 Å². The van der Waals surface area contributed by atoms with Gasteiger partial charge in [0, 0.05) is 17.8 Å². The van der Waals surface area contributed by atoms with Gasteiger partial charge in [-0.1, -0.05) is 12.1 Å². The first-order chi connectivity index (χ1) is 13.5. The summed E-state index contributed by atoms with van der Waals surface area (Å²) in [6, 6.07) is 11.1. The number of non-ortho nitro benzene ring substituents is 1. The number of nitrogens with zero attached hydrogens (tertiary/aromatic N) is 1. The first-order valence-corrected chi connectivity index (χ1v) is 8.74. The van der Waals surface area contributed by atoms with Gasteiger partial charge in [0.05, 0.1) is 35.9 Å². The van der Waals surface area contributed by atoms with Crippen LogP contribution in [0.5, 0.6) is 5.75 Å². The average Bonchev–Trinajstić information content (AvgIpc) is 3.50. The zero-order valence-electron chi connectivity index (χ0n) is 15.2. The smallest absolute Gasteiger partial charge is 0.273 e.